The van der Waals surface area contributed by atoms with Gasteiger partial charge in [0.15, 0.2) is 0 Å². The second kappa shape index (κ2) is 7.27. The van der Waals surface area contributed by atoms with Gasteiger partial charge < -0.3 is 9.64 Å². The molecule has 1 heterocycles. The highest BCUT2D eigenvalue weighted by molar-refractivity contribution is 7.90. The van der Waals surface area contributed by atoms with Gasteiger partial charge in [-0.05, 0) is 32.1 Å². The lowest BCUT2D eigenvalue weighted by Gasteiger charge is -2.27. The van der Waals surface area contributed by atoms with E-state index in [1.807, 2.05) is 20.8 Å². The maximum atomic E-state index is 12.7. The summed E-state index contributed by atoms with van der Waals surface area (Å²) in [5.74, 6) is 0.196. The fourth-order valence-electron chi connectivity index (χ4n) is 2.77. The summed E-state index contributed by atoms with van der Waals surface area (Å²) in [5, 5.41) is -0.300. The van der Waals surface area contributed by atoms with Crippen molar-refractivity contribution in [3.63, 3.8) is 0 Å². The summed E-state index contributed by atoms with van der Waals surface area (Å²) in [4.78, 5) is 14.5. The van der Waals surface area contributed by atoms with Crippen LogP contribution in [0, 0.1) is 11.8 Å². The summed E-state index contributed by atoms with van der Waals surface area (Å²) in [5.41, 5.74) is 0. The molecule has 2 aliphatic rings. The average Bonchev–Trinajstić information content (AvgIpc) is 3.22. The maximum Gasteiger partial charge on any atom is 0.241 e. The normalized spacial score (nSPS) is 24.0. The van der Waals surface area contributed by atoms with E-state index >= 15 is 0 Å². The van der Waals surface area contributed by atoms with E-state index in [9.17, 15) is 13.2 Å². The van der Waals surface area contributed by atoms with Crippen molar-refractivity contribution in [1.29, 1.82) is 0 Å². The number of likely N-dealkylation sites (tertiary alicyclic amines) is 1. The van der Waals surface area contributed by atoms with E-state index in [0.29, 0.717) is 45.1 Å². The number of amides is 1. The van der Waals surface area contributed by atoms with Gasteiger partial charge >= 0.3 is 0 Å². The Morgan fingerprint density at radius 1 is 1.32 bits per heavy atom. The van der Waals surface area contributed by atoms with Gasteiger partial charge in [0.05, 0.1) is 11.9 Å². The first kappa shape index (κ1) is 17.7. The summed E-state index contributed by atoms with van der Waals surface area (Å²) in [6.45, 7) is 8.41. The second-order valence-corrected chi connectivity index (χ2v) is 8.67. The van der Waals surface area contributed by atoms with Crippen molar-refractivity contribution in [2.75, 3.05) is 26.3 Å². The number of nitrogens with zero attached hydrogens (tertiary/aromatic N) is 1. The topological polar surface area (TPSA) is 75.7 Å². The molecule has 0 aromatic heterocycles. The number of sulfonamides is 1. The van der Waals surface area contributed by atoms with Crippen molar-refractivity contribution in [3.8, 4) is 0 Å². The minimum absolute atomic E-state index is 0.0630. The molecule has 1 amide bonds. The van der Waals surface area contributed by atoms with Crippen LogP contribution >= 0.6 is 0 Å². The van der Waals surface area contributed by atoms with Crippen LogP contribution in [0.15, 0.2) is 0 Å². The van der Waals surface area contributed by atoms with E-state index in [0.717, 1.165) is 6.42 Å². The molecule has 2 atom stereocenters. The van der Waals surface area contributed by atoms with Gasteiger partial charge in [-0.25, -0.2) is 13.1 Å². The van der Waals surface area contributed by atoms with E-state index in [-0.39, 0.29) is 17.1 Å². The maximum absolute atomic E-state index is 12.7. The highest BCUT2D eigenvalue weighted by atomic mass is 32.2. The molecule has 0 unspecified atom stereocenters. The number of ether oxygens (including phenoxy) is 1. The second-order valence-electron chi connectivity index (χ2n) is 6.68. The third kappa shape index (κ3) is 4.43. The molecule has 0 bridgehead atoms. The first-order chi connectivity index (χ1) is 10.3. The van der Waals surface area contributed by atoms with Gasteiger partial charge in [-0.3, -0.25) is 4.79 Å². The Bertz CT molecular complexity index is 488. The molecular weight excluding hydrogens is 304 g/mol. The molecule has 22 heavy (non-hydrogen) atoms. The Morgan fingerprint density at radius 2 is 2.00 bits per heavy atom. The van der Waals surface area contributed by atoms with Gasteiger partial charge in [0, 0.05) is 25.6 Å². The zero-order valence-corrected chi connectivity index (χ0v) is 14.6. The number of carbonyl (C=O) groups is 1. The molecule has 2 rings (SSSR count). The van der Waals surface area contributed by atoms with Crippen molar-refractivity contribution in [3.05, 3.63) is 0 Å². The Balaban J connectivity index is 1.95. The molecule has 0 aromatic rings. The number of hydrogen-bond donors (Lipinski definition) is 1. The smallest absolute Gasteiger partial charge is 0.241 e. The zero-order chi connectivity index (χ0) is 16.3. The van der Waals surface area contributed by atoms with Crippen LogP contribution in [-0.4, -0.2) is 56.8 Å². The van der Waals surface area contributed by atoms with Crippen LogP contribution in [0.25, 0.3) is 0 Å². The molecule has 7 heteroatoms. The third-order valence-electron chi connectivity index (χ3n) is 4.34. The molecule has 6 nitrogen and oxygen atoms in total. The zero-order valence-electron chi connectivity index (χ0n) is 13.7. The van der Waals surface area contributed by atoms with Crippen molar-refractivity contribution < 1.29 is 17.9 Å². The van der Waals surface area contributed by atoms with Crippen molar-refractivity contribution >= 4 is 15.9 Å². The minimum atomic E-state index is -3.36. The number of rotatable bonds is 8. The molecule has 1 aliphatic heterocycles. The molecule has 2 fully saturated rings. The number of nitrogens with one attached hydrogen (secondary N) is 1. The molecule has 1 N–H and O–H groups in total. The largest absolute Gasteiger partial charge is 0.381 e. The number of carbonyl (C=O) groups excluding carboxylic acids is 1. The molecule has 1 aliphatic carbocycles. The Kier molecular flexibility index (Phi) is 5.85. The quantitative estimate of drug-likeness (QED) is 0.719. The van der Waals surface area contributed by atoms with Crippen LogP contribution in [0.4, 0.5) is 0 Å². The summed E-state index contributed by atoms with van der Waals surface area (Å²) in [6.07, 6.45) is 2.33. The third-order valence-corrected chi connectivity index (χ3v) is 6.27. The van der Waals surface area contributed by atoms with Crippen molar-refractivity contribution in [2.24, 2.45) is 11.8 Å². The van der Waals surface area contributed by atoms with E-state index in [1.54, 1.807) is 4.90 Å². The summed E-state index contributed by atoms with van der Waals surface area (Å²) in [6, 6.07) is -0.656. The molecule has 0 radical (unpaired) electrons. The van der Waals surface area contributed by atoms with Crippen LogP contribution < -0.4 is 4.72 Å². The summed E-state index contributed by atoms with van der Waals surface area (Å²) >= 11 is 0. The summed E-state index contributed by atoms with van der Waals surface area (Å²) in [7, 11) is -3.36. The van der Waals surface area contributed by atoms with Gasteiger partial charge in [-0.2, -0.15) is 0 Å². The van der Waals surface area contributed by atoms with E-state index in [4.69, 9.17) is 4.74 Å². The van der Waals surface area contributed by atoms with E-state index < -0.39 is 16.1 Å². The SMILES string of the molecule is CCOC[C@H]1CCN(C(=O)[C@H](NS(=O)(=O)C2CC2)C(C)C)C1. The molecule has 128 valence electrons. The predicted molar refractivity (Wildman–Crippen MR) is 84.9 cm³/mol. The predicted octanol–water partition coefficient (Wildman–Crippen LogP) is 0.978. The Morgan fingerprint density at radius 3 is 2.55 bits per heavy atom. The summed E-state index contributed by atoms with van der Waals surface area (Å²) < 4.78 is 32.3. The van der Waals surface area contributed by atoms with Gasteiger partial charge in [-0.1, -0.05) is 13.8 Å². The Labute approximate surface area is 133 Å². The van der Waals surface area contributed by atoms with Gasteiger partial charge in [0.25, 0.3) is 0 Å². The molecule has 0 spiro atoms. The van der Waals surface area contributed by atoms with Crippen molar-refractivity contribution in [1.82, 2.24) is 9.62 Å². The van der Waals surface area contributed by atoms with Crippen LogP contribution in [0.3, 0.4) is 0 Å². The first-order valence-electron chi connectivity index (χ1n) is 8.22. The van der Waals surface area contributed by atoms with E-state index in [1.165, 1.54) is 0 Å². The Hall–Kier alpha value is -0.660. The number of hydrogen-bond acceptors (Lipinski definition) is 4. The molecule has 1 saturated carbocycles. The van der Waals surface area contributed by atoms with Gasteiger partial charge in [0.2, 0.25) is 15.9 Å². The highest BCUT2D eigenvalue weighted by Crippen LogP contribution is 2.28. The standard InChI is InChI=1S/C15H28N2O4S/c1-4-21-10-12-7-8-17(9-12)15(18)14(11(2)3)16-22(19,20)13-5-6-13/h11-14,16H,4-10H2,1-3H3/t12-,14+/m0/s1. The lowest BCUT2D eigenvalue weighted by Crippen LogP contribution is -2.51. The van der Waals surface area contributed by atoms with E-state index in [2.05, 4.69) is 4.72 Å². The average molecular weight is 332 g/mol. The van der Waals surface area contributed by atoms with Crippen molar-refractivity contribution in [2.45, 2.75) is 51.3 Å². The fourth-order valence-corrected chi connectivity index (χ4v) is 4.45. The monoisotopic (exact) mass is 332 g/mol. The lowest BCUT2D eigenvalue weighted by atomic mass is 10.0. The van der Waals surface area contributed by atoms with Crippen LogP contribution in [0.2, 0.25) is 0 Å². The fraction of sp³-hybridized carbons (Fsp3) is 0.933. The van der Waals surface area contributed by atoms with Crippen LogP contribution in [0.1, 0.15) is 40.0 Å². The van der Waals surface area contributed by atoms with Gasteiger partial charge in [-0.15, -0.1) is 0 Å². The van der Waals surface area contributed by atoms with Crippen LogP contribution in [-0.2, 0) is 19.6 Å². The highest BCUT2D eigenvalue weighted by Gasteiger charge is 2.40. The first-order valence-corrected chi connectivity index (χ1v) is 9.77. The lowest BCUT2D eigenvalue weighted by molar-refractivity contribution is -0.133. The molecule has 0 aromatic carbocycles. The molecule has 1 saturated heterocycles. The molecular formula is C15H28N2O4S. The van der Waals surface area contributed by atoms with Crippen LogP contribution in [0.5, 0.6) is 0 Å². The minimum Gasteiger partial charge on any atom is -0.381 e. The van der Waals surface area contributed by atoms with Gasteiger partial charge in [0.1, 0.15) is 6.04 Å².